The first-order valence-corrected chi connectivity index (χ1v) is 9.14. The molecule has 0 amide bonds. The van der Waals surface area contributed by atoms with Gasteiger partial charge in [0.05, 0.1) is 11.3 Å². The molecule has 0 unspecified atom stereocenters. The Morgan fingerprint density at radius 3 is 2.04 bits per heavy atom. The van der Waals surface area contributed by atoms with Gasteiger partial charge in [-0.2, -0.15) is 5.10 Å². The lowest BCUT2D eigenvalue weighted by Crippen LogP contribution is -2.17. The van der Waals surface area contributed by atoms with Gasteiger partial charge in [-0.3, -0.25) is 0 Å². The van der Waals surface area contributed by atoms with Crippen molar-refractivity contribution in [1.29, 1.82) is 0 Å². The summed E-state index contributed by atoms with van der Waals surface area (Å²) in [5, 5.41) is 4.83. The van der Waals surface area contributed by atoms with E-state index in [1.165, 1.54) is 0 Å². The third-order valence-electron chi connectivity index (χ3n) is 4.64. The summed E-state index contributed by atoms with van der Waals surface area (Å²) in [6, 6.07) is 30.1. The van der Waals surface area contributed by atoms with E-state index in [0.717, 1.165) is 33.9 Å². The Morgan fingerprint density at radius 1 is 0.750 bits per heavy atom. The van der Waals surface area contributed by atoms with E-state index in [1.54, 1.807) is 0 Å². The standard InChI is InChI=1S/C23H18N4O/c1-4-10-17(11-5-1)21-20(16-27(25-21)19-14-8-3-9-15-19)23-24-22(26-28-23)18-12-6-2-7-13-18/h1-16,23H,(H,24,26)/t23-/m0/s1. The van der Waals surface area contributed by atoms with Crippen molar-refractivity contribution < 1.29 is 4.84 Å². The summed E-state index contributed by atoms with van der Waals surface area (Å²) in [6.07, 6.45) is 1.52. The zero-order valence-corrected chi connectivity index (χ0v) is 15.1. The summed E-state index contributed by atoms with van der Waals surface area (Å²) in [7, 11) is 0. The first-order valence-electron chi connectivity index (χ1n) is 9.14. The number of para-hydroxylation sites is 1. The van der Waals surface area contributed by atoms with Crippen molar-refractivity contribution in [3.05, 3.63) is 108 Å². The van der Waals surface area contributed by atoms with Gasteiger partial charge in [0.25, 0.3) is 0 Å². The van der Waals surface area contributed by atoms with Crippen LogP contribution in [-0.4, -0.2) is 15.6 Å². The topological polar surface area (TPSA) is 51.4 Å². The van der Waals surface area contributed by atoms with E-state index in [4.69, 9.17) is 14.9 Å². The number of nitrogens with zero attached hydrogens (tertiary/aromatic N) is 3. The molecule has 1 N–H and O–H groups in total. The highest BCUT2D eigenvalue weighted by atomic mass is 16.7. The van der Waals surface area contributed by atoms with Gasteiger partial charge in [-0.25, -0.2) is 20.0 Å². The highest BCUT2D eigenvalue weighted by Gasteiger charge is 2.26. The van der Waals surface area contributed by atoms with Crippen LogP contribution in [-0.2, 0) is 4.84 Å². The van der Waals surface area contributed by atoms with Crippen LogP contribution in [0, 0.1) is 0 Å². The Bertz CT molecular complexity index is 1110. The van der Waals surface area contributed by atoms with Crippen LogP contribution in [0.25, 0.3) is 16.9 Å². The third-order valence-corrected chi connectivity index (χ3v) is 4.64. The van der Waals surface area contributed by atoms with Gasteiger partial charge in [0.15, 0.2) is 5.84 Å². The van der Waals surface area contributed by atoms with Crippen molar-refractivity contribution in [1.82, 2.24) is 15.3 Å². The van der Waals surface area contributed by atoms with Crippen LogP contribution >= 0.6 is 0 Å². The number of hydrogen-bond donors (Lipinski definition) is 1. The number of hydroxylamine groups is 1. The Morgan fingerprint density at radius 2 is 1.36 bits per heavy atom. The smallest absolute Gasteiger partial charge is 0.206 e. The van der Waals surface area contributed by atoms with Gasteiger partial charge in [0.2, 0.25) is 6.23 Å². The molecule has 1 aromatic heterocycles. The molecule has 5 nitrogen and oxygen atoms in total. The Hall–Kier alpha value is -3.70. The number of nitrogens with one attached hydrogen (secondary N) is 1. The highest BCUT2D eigenvalue weighted by molar-refractivity contribution is 5.98. The number of aromatic nitrogens is 2. The van der Waals surface area contributed by atoms with E-state index in [0.29, 0.717) is 0 Å². The van der Waals surface area contributed by atoms with Crippen LogP contribution in [0.2, 0.25) is 0 Å². The Balaban J connectivity index is 1.59. The predicted molar refractivity (Wildman–Crippen MR) is 109 cm³/mol. The summed E-state index contributed by atoms with van der Waals surface area (Å²) in [4.78, 5) is 10.6. The van der Waals surface area contributed by atoms with Gasteiger partial charge in [-0.1, -0.05) is 78.9 Å². The van der Waals surface area contributed by atoms with Crippen LogP contribution in [0.5, 0.6) is 0 Å². The van der Waals surface area contributed by atoms with Gasteiger partial charge in [-0.05, 0) is 12.1 Å². The van der Waals surface area contributed by atoms with E-state index in [1.807, 2.05) is 102 Å². The second kappa shape index (κ2) is 7.13. The van der Waals surface area contributed by atoms with E-state index >= 15 is 0 Å². The van der Waals surface area contributed by atoms with Crippen LogP contribution in [0.15, 0.2) is 102 Å². The zero-order chi connectivity index (χ0) is 18.8. The molecule has 0 radical (unpaired) electrons. The maximum atomic E-state index is 5.81. The molecule has 136 valence electrons. The maximum Gasteiger partial charge on any atom is 0.206 e. The van der Waals surface area contributed by atoms with Crippen molar-refractivity contribution in [2.75, 3.05) is 0 Å². The fourth-order valence-electron chi connectivity index (χ4n) is 3.25. The summed E-state index contributed by atoms with van der Waals surface area (Å²) < 4.78 is 1.87. The highest BCUT2D eigenvalue weighted by Crippen LogP contribution is 2.32. The van der Waals surface area contributed by atoms with Crippen molar-refractivity contribution >= 4 is 5.84 Å². The summed E-state index contributed by atoms with van der Waals surface area (Å²) in [5.41, 5.74) is 7.73. The summed E-state index contributed by atoms with van der Waals surface area (Å²) in [5.74, 6) is 0.720. The lowest BCUT2D eigenvalue weighted by molar-refractivity contribution is 0.0380. The number of rotatable bonds is 4. The summed E-state index contributed by atoms with van der Waals surface area (Å²) >= 11 is 0. The van der Waals surface area contributed by atoms with Crippen LogP contribution in [0.4, 0.5) is 0 Å². The fraction of sp³-hybridized carbons (Fsp3) is 0.0435. The molecule has 4 aromatic rings. The van der Waals surface area contributed by atoms with Crippen LogP contribution in [0.3, 0.4) is 0 Å². The molecule has 5 rings (SSSR count). The second-order valence-electron chi connectivity index (χ2n) is 6.50. The van der Waals surface area contributed by atoms with Crippen LogP contribution in [0.1, 0.15) is 17.4 Å². The number of benzene rings is 3. The van der Waals surface area contributed by atoms with Gasteiger partial charge in [-0.15, -0.1) is 0 Å². The second-order valence-corrected chi connectivity index (χ2v) is 6.50. The summed E-state index contributed by atoms with van der Waals surface area (Å²) in [6.45, 7) is 0. The number of aliphatic imine (C=N–C) groups is 1. The van der Waals surface area contributed by atoms with Crippen molar-refractivity contribution in [3.8, 4) is 16.9 Å². The first kappa shape index (κ1) is 16.5. The number of amidine groups is 1. The molecular weight excluding hydrogens is 348 g/mol. The average molecular weight is 366 g/mol. The van der Waals surface area contributed by atoms with E-state index in [9.17, 15) is 0 Å². The van der Waals surface area contributed by atoms with Gasteiger partial charge in [0.1, 0.15) is 5.69 Å². The molecule has 0 saturated carbocycles. The van der Waals surface area contributed by atoms with E-state index in [-0.39, 0.29) is 0 Å². The molecule has 2 heterocycles. The van der Waals surface area contributed by atoms with Crippen molar-refractivity contribution in [2.24, 2.45) is 4.99 Å². The molecule has 1 aliphatic rings. The zero-order valence-electron chi connectivity index (χ0n) is 15.1. The Kier molecular flexibility index (Phi) is 4.20. The minimum Gasteiger partial charge on any atom is -0.246 e. The minimum atomic E-state index is -0.470. The van der Waals surface area contributed by atoms with Crippen molar-refractivity contribution in [3.63, 3.8) is 0 Å². The third kappa shape index (κ3) is 3.08. The first-order chi connectivity index (χ1) is 13.9. The fourth-order valence-corrected chi connectivity index (χ4v) is 3.25. The van der Waals surface area contributed by atoms with E-state index < -0.39 is 6.23 Å². The average Bonchev–Trinajstić information content (AvgIpc) is 3.43. The minimum absolute atomic E-state index is 0.470. The van der Waals surface area contributed by atoms with Crippen LogP contribution < -0.4 is 5.48 Å². The quantitative estimate of drug-likeness (QED) is 0.578. The van der Waals surface area contributed by atoms with Crippen molar-refractivity contribution in [2.45, 2.75) is 6.23 Å². The molecule has 5 heteroatoms. The van der Waals surface area contributed by atoms with Gasteiger partial charge in [0, 0.05) is 17.3 Å². The molecule has 0 fully saturated rings. The Labute approximate surface area is 162 Å². The molecule has 1 atom stereocenters. The molecule has 0 spiro atoms. The maximum absolute atomic E-state index is 5.81. The molecule has 0 aliphatic carbocycles. The normalized spacial score (nSPS) is 15.9. The van der Waals surface area contributed by atoms with E-state index in [2.05, 4.69) is 5.48 Å². The monoisotopic (exact) mass is 366 g/mol. The molecule has 1 aliphatic heterocycles. The molecule has 28 heavy (non-hydrogen) atoms. The SMILES string of the molecule is c1ccc(C2=N[C@H](c3cn(-c4ccccc4)nc3-c3ccccc3)ON2)cc1. The molecule has 0 bridgehead atoms. The van der Waals surface area contributed by atoms with Gasteiger partial charge >= 0.3 is 0 Å². The lowest BCUT2D eigenvalue weighted by atomic mass is 10.1. The molecular formula is C23H18N4O. The lowest BCUT2D eigenvalue weighted by Gasteiger charge is -2.06. The largest absolute Gasteiger partial charge is 0.246 e. The molecule has 3 aromatic carbocycles. The van der Waals surface area contributed by atoms with Gasteiger partial charge < -0.3 is 0 Å². The predicted octanol–water partition coefficient (Wildman–Crippen LogP) is 4.52. The molecule has 0 saturated heterocycles. The number of hydrogen-bond acceptors (Lipinski definition) is 4.